The lowest BCUT2D eigenvalue weighted by molar-refractivity contribution is 1.08. The molecule has 5 nitrogen and oxygen atoms in total. The molecule has 0 saturated carbocycles. The van der Waals surface area contributed by atoms with Crippen LogP contribution in [0.2, 0.25) is 0 Å². The number of nitrogens with one attached hydrogen (secondary N) is 3. The normalized spacial score (nSPS) is 10.7. The second-order valence-electron chi connectivity index (χ2n) is 5.49. The Labute approximate surface area is 172 Å². The van der Waals surface area contributed by atoms with E-state index in [4.69, 9.17) is 12.2 Å². The van der Waals surface area contributed by atoms with Crippen molar-refractivity contribution in [2.24, 2.45) is 0 Å². The van der Waals surface area contributed by atoms with Crippen molar-refractivity contribution in [3.05, 3.63) is 40.8 Å². The second-order valence-corrected chi connectivity index (χ2v) is 7.24. The number of aromatic nitrogens is 4. The van der Waals surface area contributed by atoms with Gasteiger partial charge in [0.05, 0.1) is 16.4 Å². The molecule has 0 radical (unpaired) electrons. The van der Waals surface area contributed by atoms with Crippen LogP contribution in [0.25, 0.3) is 21.8 Å². The third kappa shape index (κ3) is 3.44. The van der Waals surface area contributed by atoms with E-state index < -0.39 is 0 Å². The van der Waals surface area contributed by atoms with E-state index in [0.29, 0.717) is 4.64 Å². The van der Waals surface area contributed by atoms with Gasteiger partial charge in [0, 0.05) is 27.1 Å². The Morgan fingerprint density at radius 3 is 2.46 bits per heavy atom. The maximum atomic E-state index is 5.14. The smallest absolute Gasteiger partial charge is 0.137 e. The van der Waals surface area contributed by atoms with E-state index in [2.05, 4.69) is 63.4 Å². The molecule has 0 aliphatic carbocycles. The first kappa shape index (κ1) is 19.1. The molecular weight excluding hydrogens is 402 g/mol. The van der Waals surface area contributed by atoms with E-state index in [-0.39, 0.29) is 0 Å². The number of anilines is 1. The minimum Gasteiger partial charge on any atom is -0.373 e. The number of H-pyrrole nitrogens is 2. The van der Waals surface area contributed by atoms with Crippen molar-refractivity contribution in [3.63, 3.8) is 0 Å². The van der Waals surface area contributed by atoms with E-state index >= 15 is 0 Å². The lowest BCUT2D eigenvalue weighted by Gasteiger charge is -2.07. The van der Waals surface area contributed by atoms with Gasteiger partial charge in [0.2, 0.25) is 0 Å². The van der Waals surface area contributed by atoms with Gasteiger partial charge in [-0.3, -0.25) is 10.2 Å². The first-order valence-corrected chi connectivity index (χ1v) is 9.42. The van der Waals surface area contributed by atoms with Crippen molar-refractivity contribution in [2.75, 3.05) is 12.4 Å². The molecule has 0 aliphatic heterocycles. The zero-order chi connectivity index (χ0) is 18.8. The number of para-hydroxylation sites is 1. The second kappa shape index (κ2) is 7.91. The highest BCUT2D eigenvalue weighted by atomic mass is 32.1. The maximum Gasteiger partial charge on any atom is 0.137 e. The van der Waals surface area contributed by atoms with Crippen LogP contribution < -0.4 is 5.32 Å². The molecule has 0 saturated heterocycles. The molecule has 0 amide bonds. The molecule has 4 aromatic rings. The number of benzene rings is 2. The molecule has 9 heteroatoms. The standard InChI is InChI=1S/C9H9N3.C8H8N2S4/c1-10-9-7-4-2-3-5-8(7)11-6-12-9;1-2-5(11)3-4(7(13)6(2)12)9-10-8(3)14/h2-6H,1H3,(H,10,11,12);11-13H,1H3,(H2,9,10,14). The molecule has 0 bridgehead atoms. The molecule has 2 heterocycles. The van der Waals surface area contributed by atoms with Crippen LogP contribution in [0, 0.1) is 11.6 Å². The van der Waals surface area contributed by atoms with Crippen molar-refractivity contribution in [2.45, 2.75) is 21.6 Å². The van der Waals surface area contributed by atoms with Crippen LogP contribution in [-0.2, 0) is 0 Å². The number of thiol groups is 3. The summed E-state index contributed by atoms with van der Waals surface area (Å²) in [5.41, 5.74) is 2.82. The Bertz CT molecular complexity index is 1140. The third-order valence-electron chi connectivity index (χ3n) is 3.97. The zero-order valence-electron chi connectivity index (χ0n) is 14.0. The van der Waals surface area contributed by atoms with Crippen LogP contribution >= 0.6 is 50.1 Å². The first-order chi connectivity index (χ1) is 12.5. The molecule has 0 unspecified atom stereocenters. The van der Waals surface area contributed by atoms with Gasteiger partial charge in [-0.15, -0.1) is 37.9 Å². The first-order valence-electron chi connectivity index (χ1n) is 7.67. The van der Waals surface area contributed by atoms with E-state index in [1.165, 1.54) is 0 Å². The highest BCUT2D eigenvalue weighted by Crippen LogP contribution is 2.35. The predicted molar refractivity (Wildman–Crippen MR) is 119 cm³/mol. The molecular formula is C17H17N5S4. The summed E-state index contributed by atoms with van der Waals surface area (Å²) in [7, 11) is 1.86. The van der Waals surface area contributed by atoms with Crippen LogP contribution in [0.1, 0.15) is 5.56 Å². The summed E-state index contributed by atoms with van der Waals surface area (Å²) in [4.78, 5) is 10.7. The van der Waals surface area contributed by atoms with Crippen LogP contribution in [0.4, 0.5) is 5.82 Å². The quantitative estimate of drug-likeness (QED) is 0.192. The largest absolute Gasteiger partial charge is 0.373 e. The van der Waals surface area contributed by atoms with Crippen molar-refractivity contribution in [3.8, 4) is 0 Å². The topological polar surface area (TPSA) is 69.4 Å². The Morgan fingerprint density at radius 1 is 1.00 bits per heavy atom. The Kier molecular flexibility index (Phi) is 5.81. The summed E-state index contributed by atoms with van der Waals surface area (Å²) >= 11 is 18.3. The summed E-state index contributed by atoms with van der Waals surface area (Å²) in [6, 6.07) is 7.92. The van der Waals surface area contributed by atoms with Crippen molar-refractivity contribution in [1.82, 2.24) is 20.2 Å². The fourth-order valence-corrected chi connectivity index (χ4v) is 3.87. The van der Waals surface area contributed by atoms with Gasteiger partial charge < -0.3 is 5.32 Å². The van der Waals surface area contributed by atoms with Crippen molar-refractivity contribution in [1.29, 1.82) is 0 Å². The average molecular weight is 420 g/mol. The lowest BCUT2D eigenvalue weighted by atomic mass is 10.2. The van der Waals surface area contributed by atoms with E-state index in [9.17, 15) is 0 Å². The number of aromatic amines is 2. The predicted octanol–water partition coefficient (Wildman–Crippen LogP) is 5.07. The molecule has 0 aliphatic rings. The van der Waals surface area contributed by atoms with Crippen molar-refractivity contribution >= 4 is 77.7 Å². The van der Waals surface area contributed by atoms with E-state index in [1.54, 1.807) is 6.33 Å². The van der Waals surface area contributed by atoms with Crippen molar-refractivity contribution < 1.29 is 0 Å². The van der Waals surface area contributed by atoms with Gasteiger partial charge in [0.15, 0.2) is 0 Å². The summed E-state index contributed by atoms with van der Waals surface area (Å²) in [5, 5.41) is 10.8. The van der Waals surface area contributed by atoms with E-state index in [1.807, 2.05) is 38.2 Å². The minimum absolute atomic E-state index is 0.650. The van der Waals surface area contributed by atoms with Gasteiger partial charge in [-0.05, 0) is 24.6 Å². The minimum atomic E-state index is 0.650. The van der Waals surface area contributed by atoms with Gasteiger partial charge in [-0.1, -0.05) is 24.4 Å². The van der Waals surface area contributed by atoms with Crippen LogP contribution in [0.3, 0.4) is 0 Å². The number of fused-ring (bicyclic) bond motifs is 2. The number of hydrogen-bond acceptors (Lipinski definition) is 7. The summed E-state index contributed by atoms with van der Waals surface area (Å²) in [6.07, 6.45) is 1.56. The van der Waals surface area contributed by atoms with Gasteiger partial charge in [-0.2, -0.15) is 0 Å². The van der Waals surface area contributed by atoms with E-state index in [0.717, 1.165) is 47.9 Å². The molecule has 134 valence electrons. The summed E-state index contributed by atoms with van der Waals surface area (Å²) < 4.78 is 0.650. The average Bonchev–Trinajstić information content (AvgIpc) is 3.06. The van der Waals surface area contributed by atoms with Gasteiger partial charge in [0.25, 0.3) is 0 Å². The molecule has 0 atom stereocenters. The fraction of sp³-hybridized carbons (Fsp3) is 0.118. The number of hydrogen-bond donors (Lipinski definition) is 6. The summed E-state index contributed by atoms with van der Waals surface area (Å²) in [6.45, 7) is 1.95. The molecule has 3 N–H and O–H groups in total. The highest BCUT2D eigenvalue weighted by Gasteiger charge is 2.13. The molecule has 2 aromatic carbocycles. The third-order valence-corrected chi connectivity index (χ3v) is 6.01. The SMILES string of the molecule is CNc1ncnc2ccccc12.Cc1c(S)c(S)c2[nH][nH]c(=S)c2c1S. The number of nitrogens with zero attached hydrogens (tertiary/aromatic N) is 2. The highest BCUT2D eigenvalue weighted by molar-refractivity contribution is 7.84. The molecule has 0 spiro atoms. The molecule has 2 aromatic heterocycles. The fourth-order valence-electron chi connectivity index (χ4n) is 2.56. The molecule has 4 rings (SSSR count). The Morgan fingerprint density at radius 2 is 1.73 bits per heavy atom. The van der Waals surface area contributed by atoms with Crippen LogP contribution in [-0.4, -0.2) is 27.2 Å². The lowest BCUT2D eigenvalue weighted by Crippen LogP contribution is -1.93. The van der Waals surface area contributed by atoms with Crippen LogP contribution in [0.5, 0.6) is 0 Å². The summed E-state index contributed by atoms with van der Waals surface area (Å²) in [5.74, 6) is 0.876. The monoisotopic (exact) mass is 419 g/mol. The molecule has 26 heavy (non-hydrogen) atoms. The Hall–Kier alpha value is -1.68. The maximum absolute atomic E-state index is 5.14. The van der Waals surface area contributed by atoms with Gasteiger partial charge in [0.1, 0.15) is 16.8 Å². The van der Waals surface area contributed by atoms with Gasteiger partial charge in [-0.25, -0.2) is 9.97 Å². The van der Waals surface area contributed by atoms with Gasteiger partial charge >= 0.3 is 0 Å². The zero-order valence-corrected chi connectivity index (χ0v) is 17.5. The number of rotatable bonds is 1. The Balaban J connectivity index is 0.000000152. The van der Waals surface area contributed by atoms with Crippen LogP contribution in [0.15, 0.2) is 45.3 Å². The molecule has 0 fully saturated rings.